The molecule has 1 unspecified atom stereocenters. The number of aryl methyl sites for hydroxylation is 1. The SMILES string of the molecule is Cn1cnc2cc(CCNCC(O)CN)ccc21. The van der Waals surface area contributed by atoms with Crippen LogP contribution in [0.5, 0.6) is 0 Å². The number of benzene rings is 1. The van der Waals surface area contributed by atoms with E-state index in [1.165, 1.54) is 5.56 Å². The molecule has 5 nitrogen and oxygen atoms in total. The Morgan fingerprint density at radius 1 is 1.50 bits per heavy atom. The third-order valence-electron chi connectivity index (χ3n) is 3.03. The highest BCUT2D eigenvalue weighted by Crippen LogP contribution is 2.13. The second kappa shape index (κ2) is 5.95. The van der Waals surface area contributed by atoms with Gasteiger partial charge in [-0.15, -0.1) is 0 Å². The summed E-state index contributed by atoms with van der Waals surface area (Å²) in [6.45, 7) is 1.67. The molecule has 0 fully saturated rings. The van der Waals surface area contributed by atoms with E-state index in [1.807, 2.05) is 17.9 Å². The van der Waals surface area contributed by atoms with Gasteiger partial charge in [-0.3, -0.25) is 0 Å². The Morgan fingerprint density at radius 3 is 3.11 bits per heavy atom. The van der Waals surface area contributed by atoms with Crippen LogP contribution in [0.2, 0.25) is 0 Å². The third-order valence-corrected chi connectivity index (χ3v) is 3.03. The van der Waals surface area contributed by atoms with E-state index < -0.39 is 6.10 Å². The minimum Gasteiger partial charge on any atom is -0.390 e. The molecule has 0 bridgehead atoms. The summed E-state index contributed by atoms with van der Waals surface area (Å²) in [7, 11) is 1.99. The lowest BCUT2D eigenvalue weighted by atomic mass is 10.1. The van der Waals surface area contributed by atoms with E-state index in [1.54, 1.807) is 0 Å². The van der Waals surface area contributed by atoms with E-state index >= 15 is 0 Å². The number of aliphatic hydroxyl groups is 1. The summed E-state index contributed by atoms with van der Waals surface area (Å²) in [6.07, 6.45) is 2.29. The molecular weight excluding hydrogens is 228 g/mol. The molecule has 1 aromatic carbocycles. The Morgan fingerprint density at radius 2 is 2.33 bits per heavy atom. The van der Waals surface area contributed by atoms with Gasteiger partial charge in [0.15, 0.2) is 0 Å². The standard InChI is InChI=1S/C13H20N4O/c1-17-9-16-12-6-10(2-3-13(12)17)4-5-15-8-11(18)7-14/h2-3,6,9,11,15,18H,4-5,7-8,14H2,1H3. The first-order valence-electron chi connectivity index (χ1n) is 6.19. The van der Waals surface area contributed by atoms with Crippen LogP contribution in [0.3, 0.4) is 0 Å². The molecule has 0 aliphatic carbocycles. The molecule has 2 aromatic rings. The zero-order valence-electron chi connectivity index (χ0n) is 10.6. The third kappa shape index (κ3) is 3.07. The number of nitrogens with one attached hydrogen (secondary N) is 1. The summed E-state index contributed by atoms with van der Waals surface area (Å²) < 4.78 is 2.01. The number of aromatic nitrogens is 2. The molecule has 1 aromatic heterocycles. The number of imidazole rings is 1. The van der Waals surface area contributed by atoms with Gasteiger partial charge in [0.1, 0.15) is 0 Å². The fourth-order valence-corrected chi connectivity index (χ4v) is 1.92. The molecule has 18 heavy (non-hydrogen) atoms. The average molecular weight is 248 g/mol. The highest BCUT2D eigenvalue weighted by atomic mass is 16.3. The number of aliphatic hydroxyl groups excluding tert-OH is 1. The van der Waals surface area contributed by atoms with Gasteiger partial charge in [0.25, 0.3) is 0 Å². The van der Waals surface area contributed by atoms with Crippen molar-refractivity contribution in [1.82, 2.24) is 14.9 Å². The fraction of sp³-hybridized carbons (Fsp3) is 0.462. The maximum absolute atomic E-state index is 9.30. The van der Waals surface area contributed by atoms with Crippen molar-refractivity contribution in [3.8, 4) is 0 Å². The molecule has 98 valence electrons. The number of fused-ring (bicyclic) bond motifs is 1. The molecule has 0 radical (unpaired) electrons. The van der Waals surface area contributed by atoms with Crippen LogP contribution in [0.4, 0.5) is 0 Å². The van der Waals surface area contributed by atoms with Crippen molar-refractivity contribution < 1.29 is 5.11 Å². The van der Waals surface area contributed by atoms with Crippen molar-refractivity contribution in [3.63, 3.8) is 0 Å². The zero-order chi connectivity index (χ0) is 13.0. The fourth-order valence-electron chi connectivity index (χ4n) is 1.92. The van der Waals surface area contributed by atoms with Gasteiger partial charge in [0.05, 0.1) is 23.5 Å². The van der Waals surface area contributed by atoms with Crippen LogP contribution in [0.15, 0.2) is 24.5 Å². The summed E-state index contributed by atoms with van der Waals surface area (Å²) in [4.78, 5) is 4.33. The second-order valence-electron chi connectivity index (χ2n) is 4.52. The highest BCUT2D eigenvalue weighted by molar-refractivity contribution is 5.75. The van der Waals surface area contributed by atoms with Crippen LogP contribution in [-0.4, -0.2) is 40.4 Å². The largest absolute Gasteiger partial charge is 0.390 e. The normalized spacial score (nSPS) is 13.1. The molecule has 0 saturated carbocycles. The van der Waals surface area contributed by atoms with Crippen molar-refractivity contribution in [1.29, 1.82) is 0 Å². The topological polar surface area (TPSA) is 76.1 Å². The Hall–Kier alpha value is -1.43. The first-order valence-corrected chi connectivity index (χ1v) is 6.19. The average Bonchev–Trinajstić information content (AvgIpc) is 2.76. The Bertz CT molecular complexity index is 509. The Balaban J connectivity index is 1.88. The second-order valence-corrected chi connectivity index (χ2v) is 4.52. The van der Waals surface area contributed by atoms with Crippen molar-refractivity contribution >= 4 is 11.0 Å². The van der Waals surface area contributed by atoms with Crippen LogP contribution in [0, 0.1) is 0 Å². The van der Waals surface area contributed by atoms with Crippen LogP contribution in [-0.2, 0) is 13.5 Å². The van der Waals surface area contributed by atoms with E-state index in [-0.39, 0.29) is 0 Å². The van der Waals surface area contributed by atoms with Gasteiger partial charge in [-0.1, -0.05) is 6.07 Å². The van der Waals surface area contributed by atoms with Gasteiger partial charge < -0.3 is 20.7 Å². The summed E-state index contributed by atoms with van der Waals surface area (Å²) in [6, 6.07) is 6.31. The van der Waals surface area contributed by atoms with Gasteiger partial charge >= 0.3 is 0 Å². The lowest BCUT2D eigenvalue weighted by Crippen LogP contribution is -2.33. The maximum Gasteiger partial charge on any atom is 0.0955 e. The number of rotatable bonds is 6. The first kappa shape index (κ1) is 13.0. The van der Waals surface area contributed by atoms with Gasteiger partial charge in [-0.2, -0.15) is 0 Å². The molecule has 1 heterocycles. The van der Waals surface area contributed by atoms with Crippen molar-refractivity contribution in [2.45, 2.75) is 12.5 Å². The van der Waals surface area contributed by atoms with Crippen LogP contribution in [0.1, 0.15) is 5.56 Å². The van der Waals surface area contributed by atoms with Crippen LogP contribution < -0.4 is 11.1 Å². The van der Waals surface area contributed by atoms with Gasteiger partial charge in [-0.25, -0.2) is 4.98 Å². The predicted molar refractivity (Wildman–Crippen MR) is 72.3 cm³/mol. The maximum atomic E-state index is 9.30. The minimum atomic E-state index is -0.455. The summed E-state index contributed by atoms with van der Waals surface area (Å²) in [5.74, 6) is 0. The van der Waals surface area contributed by atoms with Gasteiger partial charge in [-0.05, 0) is 30.7 Å². The number of hydrogen-bond acceptors (Lipinski definition) is 4. The lowest BCUT2D eigenvalue weighted by molar-refractivity contribution is 0.180. The monoisotopic (exact) mass is 248 g/mol. The molecule has 4 N–H and O–H groups in total. The van der Waals surface area contributed by atoms with Crippen molar-refractivity contribution in [2.75, 3.05) is 19.6 Å². The molecule has 1 atom stereocenters. The van der Waals surface area contributed by atoms with Crippen molar-refractivity contribution in [2.24, 2.45) is 12.8 Å². The van der Waals surface area contributed by atoms with E-state index in [0.29, 0.717) is 13.1 Å². The number of nitrogens with two attached hydrogens (primary N) is 1. The van der Waals surface area contributed by atoms with Gasteiger partial charge in [0, 0.05) is 20.1 Å². The smallest absolute Gasteiger partial charge is 0.0955 e. The number of nitrogens with zero attached hydrogens (tertiary/aromatic N) is 2. The quantitative estimate of drug-likeness (QED) is 0.630. The Kier molecular flexibility index (Phi) is 4.30. The van der Waals surface area contributed by atoms with E-state index in [9.17, 15) is 5.11 Å². The number of hydrogen-bond donors (Lipinski definition) is 3. The summed E-state index contributed by atoms with van der Waals surface area (Å²) >= 11 is 0. The predicted octanol–water partition coefficient (Wildman–Crippen LogP) is 0.0250. The molecule has 0 amide bonds. The Labute approximate surface area is 107 Å². The highest BCUT2D eigenvalue weighted by Gasteiger charge is 2.02. The molecule has 0 spiro atoms. The summed E-state index contributed by atoms with van der Waals surface area (Å²) in [5.41, 5.74) is 8.74. The van der Waals surface area contributed by atoms with Gasteiger partial charge in [0.2, 0.25) is 0 Å². The van der Waals surface area contributed by atoms with E-state index in [0.717, 1.165) is 24.0 Å². The molecule has 5 heteroatoms. The zero-order valence-corrected chi connectivity index (χ0v) is 10.6. The van der Waals surface area contributed by atoms with Crippen LogP contribution >= 0.6 is 0 Å². The van der Waals surface area contributed by atoms with Crippen molar-refractivity contribution in [3.05, 3.63) is 30.1 Å². The molecule has 0 saturated heterocycles. The van der Waals surface area contributed by atoms with E-state index in [4.69, 9.17) is 5.73 Å². The molecule has 0 aliphatic rings. The molecule has 0 aliphatic heterocycles. The molecule has 2 rings (SSSR count). The lowest BCUT2D eigenvalue weighted by Gasteiger charge is -2.09. The summed E-state index contributed by atoms with van der Waals surface area (Å²) in [5, 5.41) is 12.5. The van der Waals surface area contributed by atoms with E-state index in [2.05, 4.69) is 28.5 Å². The first-order chi connectivity index (χ1) is 8.70. The molecular formula is C13H20N4O. The van der Waals surface area contributed by atoms with Crippen LogP contribution in [0.25, 0.3) is 11.0 Å². The minimum absolute atomic E-state index is 0.299.